The van der Waals surface area contributed by atoms with E-state index in [0.29, 0.717) is 38.0 Å². The van der Waals surface area contributed by atoms with Crippen LogP contribution in [0.3, 0.4) is 0 Å². The van der Waals surface area contributed by atoms with E-state index in [1.807, 2.05) is 31.1 Å². The Labute approximate surface area is 149 Å². The summed E-state index contributed by atoms with van der Waals surface area (Å²) in [5, 5.41) is 10.7. The second-order valence-corrected chi connectivity index (χ2v) is 7.49. The molecule has 2 amide bonds. The van der Waals surface area contributed by atoms with Crippen molar-refractivity contribution in [3.8, 4) is 0 Å². The summed E-state index contributed by atoms with van der Waals surface area (Å²) in [6.07, 6.45) is 3.00. The zero-order valence-corrected chi connectivity index (χ0v) is 15.1. The first kappa shape index (κ1) is 17.9. The Morgan fingerprint density at radius 1 is 1.20 bits per heavy atom. The molecule has 0 saturated carbocycles. The van der Waals surface area contributed by atoms with E-state index in [1.54, 1.807) is 21.9 Å². The summed E-state index contributed by atoms with van der Waals surface area (Å²) < 4.78 is 0. The summed E-state index contributed by atoms with van der Waals surface area (Å²) in [4.78, 5) is 30.1. The monoisotopic (exact) mass is 345 g/mol. The first-order valence-electron chi connectivity index (χ1n) is 8.95. The molecule has 2 aliphatic rings. The van der Waals surface area contributed by atoms with Gasteiger partial charge in [-0.3, -0.25) is 9.59 Å². The SMILES string of the molecule is CN(C)C[C@@]1(O)CCCN(C(=O)c2ccc(N3CCCC3=O)cc2)C1. The van der Waals surface area contributed by atoms with Crippen LogP contribution in [0, 0.1) is 0 Å². The van der Waals surface area contributed by atoms with Crippen molar-refractivity contribution in [3.63, 3.8) is 0 Å². The molecule has 136 valence electrons. The molecule has 0 bridgehead atoms. The Hall–Kier alpha value is -1.92. The number of rotatable bonds is 4. The third-order valence-corrected chi connectivity index (χ3v) is 4.95. The van der Waals surface area contributed by atoms with E-state index in [-0.39, 0.29) is 11.8 Å². The molecule has 3 rings (SSSR count). The Balaban J connectivity index is 1.69. The van der Waals surface area contributed by atoms with E-state index in [4.69, 9.17) is 0 Å². The molecule has 2 aliphatic heterocycles. The lowest BCUT2D eigenvalue weighted by Crippen LogP contribution is -2.54. The van der Waals surface area contributed by atoms with Crippen molar-refractivity contribution in [2.45, 2.75) is 31.3 Å². The molecular formula is C19H27N3O3. The highest BCUT2D eigenvalue weighted by Crippen LogP contribution is 2.25. The fourth-order valence-electron chi connectivity index (χ4n) is 3.89. The number of nitrogens with zero attached hydrogens (tertiary/aromatic N) is 3. The van der Waals surface area contributed by atoms with Crippen LogP contribution < -0.4 is 4.90 Å². The van der Waals surface area contributed by atoms with Crippen molar-refractivity contribution >= 4 is 17.5 Å². The van der Waals surface area contributed by atoms with Crippen molar-refractivity contribution in [3.05, 3.63) is 29.8 Å². The molecule has 2 fully saturated rings. The third kappa shape index (κ3) is 4.02. The van der Waals surface area contributed by atoms with E-state index in [0.717, 1.165) is 25.1 Å². The second kappa shape index (κ2) is 7.14. The van der Waals surface area contributed by atoms with Gasteiger partial charge in [0.15, 0.2) is 0 Å². The Morgan fingerprint density at radius 3 is 2.52 bits per heavy atom. The molecule has 1 N–H and O–H groups in total. The zero-order valence-electron chi connectivity index (χ0n) is 15.1. The molecular weight excluding hydrogens is 318 g/mol. The molecule has 0 aliphatic carbocycles. The van der Waals surface area contributed by atoms with Gasteiger partial charge in [-0.25, -0.2) is 0 Å². The van der Waals surface area contributed by atoms with Gasteiger partial charge in [-0.15, -0.1) is 0 Å². The van der Waals surface area contributed by atoms with Crippen LogP contribution in [0.5, 0.6) is 0 Å². The molecule has 2 heterocycles. The average Bonchev–Trinajstić information content (AvgIpc) is 2.99. The Bertz CT molecular complexity index is 644. The quantitative estimate of drug-likeness (QED) is 0.894. The number of carbonyl (C=O) groups excluding carboxylic acids is 2. The number of hydrogen-bond donors (Lipinski definition) is 1. The van der Waals surface area contributed by atoms with Crippen LogP contribution in [0.1, 0.15) is 36.0 Å². The van der Waals surface area contributed by atoms with Gasteiger partial charge < -0.3 is 19.8 Å². The number of carbonyl (C=O) groups is 2. The number of likely N-dealkylation sites (tertiary alicyclic amines) is 1. The van der Waals surface area contributed by atoms with Crippen molar-refractivity contribution in [2.75, 3.05) is 45.2 Å². The molecule has 6 nitrogen and oxygen atoms in total. The minimum absolute atomic E-state index is 0.0591. The summed E-state index contributed by atoms with van der Waals surface area (Å²) in [5.41, 5.74) is 0.602. The summed E-state index contributed by atoms with van der Waals surface area (Å²) in [6.45, 7) is 2.32. The maximum atomic E-state index is 12.8. The highest BCUT2D eigenvalue weighted by molar-refractivity contribution is 5.97. The van der Waals surface area contributed by atoms with Gasteiger partial charge in [0.1, 0.15) is 0 Å². The predicted octanol–water partition coefficient (Wildman–Crippen LogP) is 1.34. The lowest BCUT2D eigenvalue weighted by molar-refractivity contribution is -0.117. The smallest absolute Gasteiger partial charge is 0.253 e. The normalized spacial score (nSPS) is 24.2. The molecule has 1 atom stereocenters. The van der Waals surface area contributed by atoms with E-state index in [9.17, 15) is 14.7 Å². The summed E-state index contributed by atoms with van der Waals surface area (Å²) in [5.74, 6) is 0.0834. The van der Waals surface area contributed by atoms with Crippen LogP contribution >= 0.6 is 0 Å². The van der Waals surface area contributed by atoms with E-state index < -0.39 is 5.60 Å². The lowest BCUT2D eigenvalue weighted by Gasteiger charge is -2.40. The van der Waals surface area contributed by atoms with Gasteiger partial charge in [-0.2, -0.15) is 0 Å². The van der Waals surface area contributed by atoms with Gasteiger partial charge in [0.25, 0.3) is 5.91 Å². The highest BCUT2D eigenvalue weighted by Gasteiger charge is 2.35. The molecule has 25 heavy (non-hydrogen) atoms. The lowest BCUT2D eigenvalue weighted by atomic mass is 9.92. The second-order valence-electron chi connectivity index (χ2n) is 7.49. The first-order chi connectivity index (χ1) is 11.9. The van der Waals surface area contributed by atoms with Gasteiger partial charge in [0.2, 0.25) is 5.91 Å². The number of benzene rings is 1. The summed E-state index contributed by atoms with van der Waals surface area (Å²) in [7, 11) is 3.86. The summed E-state index contributed by atoms with van der Waals surface area (Å²) in [6, 6.07) is 7.24. The van der Waals surface area contributed by atoms with Crippen LogP contribution in [0.4, 0.5) is 5.69 Å². The zero-order chi connectivity index (χ0) is 18.0. The van der Waals surface area contributed by atoms with Crippen LogP contribution in [-0.4, -0.2) is 72.6 Å². The van der Waals surface area contributed by atoms with Gasteiger partial charge in [-0.05, 0) is 57.6 Å². The molecule has 0 spiro atoms. The van der Waals surface area contributed by atoms with Gasteiger partial charge in [0.05, 0.1) is 12.1 Å². The summed E-state index contributed by atoms with van der Waals surface area (Å²) >= 11 is 0. The van der Waals surface area contributed by atoms with Gasteiger partial charge in [-0.1, -0.05) is 0 Å². The molecule has 6 heteroatoms. The van der Waals surface area contributed by atoms with Crippen LogP contribution in [0.2, 0.25) is 0 Å². The number of amides is 2. The fraction of sp³-hybridized carbons (Fsp3) is 0.579. The third-order valence-electron chi connectivity index (χ3n) is 4.95. The minimum atomic E-state index is -0.848. The van der Waals surface area contributed by atoms with E-state index >= 15 is 0 Å². The predicted molar refractivity (Wildman–Crippen MR) is 96.7 cm³/mol. The van der Waals surface area contributed by atoms with Crippen LogP contribution in [0.25, 0.3) is 0 Å². The van der Waals surface area contributed by atoms with Crippen molar-refractivity contribution in [1.82, 2.24) is 9.80 Å². The number of aliphatic hydroxyl groups is 1. The van der Waals surface area contributed by atoms with Crippen LogP contribution in [-0.2, 0) is 4.79 Å². The number of hydrogen-bond acceptors (Lipinski definition) is 4. The number of anilines is 1. The number of piperidine rings is 1. The van der Waals surface area contributed by atoms with Crippen molar-refractivity contribution < 1.29 is 14.7 Å². The average molecular weight is 345 g/mol. The topological polar surface area (TPSA) is 64.1 Å². The van der Waals surface area contributed by atoms with Gasteiger partial charge >= 0.3 is 0 Å². The van der Waals surface area contributed by atoms with E-state index in [2.05, 4.69) is 0 Å². The Kier molecular flexibility index (Phi) is 5.11. The number of likely N-dealkylation sites (N-methyl/N-ethyl adjacent to an activating group) is 1. The molecule has 1 aromatic carbocycles. The van der Waals surface area contributed by atoms with Crippen molar-refractivity contribution in [1.29, 1.82) is 0 Å². The van der Waals surface area contributed by atoms with Crippen LogP contribution in [0.15, 0.2) is 24.3 Å². The fourth-order valence-corrected chi connectivity index (χ4v) is 3.89. The molecule has 2 saturated heterocycles. The molecule has 0 radical (unpaired) electrons. The van der Waals surface area contributed by atoms with Gasteiger partial charge in [0, 0.05) is 37.3 Å². The minimum Gasteiger partial charge on any atom is -0.387 e. The highest BCUT2D eigenvalue weighted by atomic mass is 16.3. The maximum absolute atomic E-state index is 12.8. The standard InChI is InChI=1S/C19H27N3O3/c1-20(2)13-19(25)10-4-11-21(14-19)18(24)15-6-8-16(9-7-15)22-12-3-5-17(22)23/h6-9,25H,3-5,10-14H2,1-2H3/t19-/m0/s1. The molecule has 0 unspecified atom stereocenters. The number of β-amino-alcohol motifs (C(OH)–C–C–N with tert-alkyl or cyclic N) is 1. The molecule has 1 aromatic rings. The Morgan fingerprint density at radius 2 is 1.92 bits per heavy atom. The van der Waals surface area contributed by atoms with E-state index in [1.165, 1.54) is 0 Å². The maximum Gasteiger partial charge on any atom is 0.253 e. The molecule has 0 aromatic heterocycles. The first-order valence-corrected chi connectivity index (χ1v) is 8.95. The van der Waals surface area contributed by atoms with Crippen molar-refractivity contribution in [2.24, 2.45) is 0 Å². The largest absolute Gasteiger partial charge is 0.387 e.